The number of nitrogens with one attached hydrogen (secondary N) is 1. The number of hydrogen-bond acceptors (Lipinski definition) is 4. The molecule has 0 aliphatic carbocycles. The van der Waals surface area contributed by atoms with Crippen LogP contribution in [-0.4, -0.2) is 40.1 Å². The highest BCUT2D eigenvalue weighted by atomic mass is 79.9. The van der Waals surface area contributed by atoms with Gasteiger partial charge in [0.2, 0.25) is 0 Å². The third-order valence-corrected chi connectivity index (χ3v) is 5.48. The van der Waals surface area contributed by atoms with Gasteiger partial charge in [0.25, 0.3) is 5.56 Å². The lowest BCUT2D eigenvalue weighted by molar-refractivity contribution is 0.132. The molecule has 1 N–H and O–H groups in total. The molecule has 1 aromatic heterocycles. The largest absolute Gasteiger partial charge is 0.312 e. The van der Waals surface area contributed by atoms with Crippen LogP contribution >= 0.6 is 15.9 Å². The van der Waals surface area contributed by atoms with Crippen LogP contribution in [0.1, 0.15) is 45.5 Å². The SMILES string of the molecule is CCC[C@H](c1nc2c(F)cc(Br)cc2c(=O)n1CC)N1CCN[C@H](C)C1. The van der Waals surface area contributed by atoms with Gasteiger partial charge >= 0.3 is 0 Å². The van der Waals surface area contributed by atoms with Crippen LogP contribution in [0.4, 0.5) is 4.39 Å². The molecule has 26 heavy (non-hydrogen) atoms. The van der Waals surface area contributed by atoms with Crippen LogP contribution in [0.3, 0.4) is 0 Å². The van der Waals surface area contributed by atoms with Crippen molar-refractivity contribution in [3.05, 3.63) is 38.6 Å². The summed E-state index contributed by atoms with van der Waals surface area (Å²) >= 11 is 3.27. The van der Waals surface area contributed by atoms with E-state index in [-0.39, 0.29) is 17.1 Å². The van der Waals surface area contributed by atoms with E-state index in [1.807, 2.05) is 6.92 Å². The Balaban J connectivity index is 2.18. The monoisotopic (exact) mass is 424 g/mol. The average molecular weight is 425 g/mol. The quantitative estimate of drug-likeness (QED) is 0.798. The molecule has 7 heteroatoms. The number of halogens is 2. The molecular formula is C19H26BrFN4O. The van der Waals surface area contributed by atoms with Gasteiger partial charge in [-0.3, -0.25) is 14.3 Å². The minimum absolute atomic E-state index is 0.0182. The number of hydrogen-bond donors (Lipinski definition) is 1. The molecule has 5 nitrogen and oxygen atoms in total. The zero-order chi connectivity index (χ0) is 18.8. The number of benzene rings is 1. The molecule has 1 saturated heterocycles. The molecule has 1 aromatic carbocycles. The fourth-order valence-corrected chi connectivity index (χ4v) is 4.25. The minimum Gasteiger partial charge on any atom is -0.312 e. The molecule has 2 atom stereocenters. The summed E-state index contributed by atoms with van der Waals surface area (Å²) in [6.45, 7) is 9.45. The van der Waals surface area contributed by atoms with Crippen molar-refractivity contribution in [2.45, 2.75) is 52.2 Å². The predicted molar refractivity (Wildman–Crippen MR) is 106 cm³/mol. The van der Waals surface area contributed by atoms with Crippen LogP contribution in [0, 0.1) is 5.82 Å². The molecule has 3 rings (SSSR count). The highest BCUT2D eigenvalue weighted by molar-refractivity contribution is 9.10. The van der Waals surface area contributed by atoms with Gasteiger partial charge in [-0.1, -0.05) is 29.3 Å². The van der Waals surface area contributed by atoms with Crippen molar-refractivity contribution in [2.24, 2.45) is 0 Å². The summed E-state index contributed by atoms with van der Waals surface area (Å²) in [5.74, 6) is 0.224. The van der Waals surface area contributed by atoms with Gasteiger partial charge in [0, 0.05) is 36.7 Å². The first kappa shape index (κ1) is 19.5. The summed E-state index contributed by atoms with van der Waals surface area (Å²) in [6.07, 6.45) is 1.87. The molecule has 1 aliphatic heterocycles. The van der Waals surface area contributed by atoms with Crippen LogP contribution in [0.5, 0.6) is 0 Å². The van der Waals surface area contributed by atoms with Crippen molar-refractivity contribution >= 4 is 26.8 Å². The number of piperazine rings is 1. The molecule has 142 valence electrons. The second-order valence-corrected chi connectivity index (χ2v) is 7.87. The van der Waals surface area contributed by atoms with E-state index < -0.39 is 5.82 Å². The topological polar surface area (TPSA) is 50.2 Å². The van der Waals surface area contributed by atoms with Gasteiger partial charge in [-0.15, -0.1) is 0 Å². The maximum absolute atomic E-state index is 14.5. The van der Waals surface area contributed by atoms with E-state index in [4.69, 9.17) is 0 Å². The summed E-state index contributed by atoms with van der Waals surface area (Å²) in [5.41, 5.74) is -0.000767. The minimum atomic E-state index is -0.458. The predicted octanol–water partition coefficient (Wildman–Crippen LogP) is 3.45. The second-order valence-electron chi connectivity index (χ2n) is 6.96. The van der Waals surface area contributed by atoms with Crippen molar-refractivity contribution in [3.8, 4) is 0 Å². The summed E-state index contributed by atoms with van der Waals surface area (Å²) in [6, 6.07) is 3.43. The van der Waals surface area contributed by atoms with Crippen molar-refractivity contribution < 1.29 is 4.39 Å². The molecule has 0 radical (unpaired) electrons. The molecule has 0 unspecified atom stereocenters. The first-order valence-electron chi connectivity index (χ1n) is 9.33. The molecule has 0 saturated carbocycles. The van der Waals surface area contributed by atoms with E-state index in [0.717, 1.165) is 32.5 Å². The summed E-state index contributed by atoms with van der Waals surface area (Å²) in [5, 5.41) is 3.77. The Labute approximate surface area is 161 Å². The van der Waals surface area contributed by atoms with Gasteiger partial charge < -0.3 is 5.32 Å². The normalized spacial score (nSPS) is 19.8. The molecule has 1 aliphatic rings. The Kier molecular flexibility index (Phi) is 6.10. The first-order chi connectivity index (χ1) is 12.5. The van der Waals surface area contributed by atoms with Crippen molar-refractivity contribution in [2.75, 3.05) is 19.6 Å². The Hall–Kier alpha value is -1.31. The number of aromatic nitrogens is 2. The van der Waals surface area contributed by atoms with Crippen LogP contribution in [0.25, 0.3) is 10.9 Å². The van der Waals surface area contributed by atoms with E-state index >= 15 is 0 Å². The smallest absolute Gasteiger partial charge is 0.261 e. The van der Waals surface area contributed by atoms with Gasteiger partial charge in [0.15, 0.2) is 5.82 Å². The maximum atomic E-state index is 14.5. The lowest BCUT2D eigenvalue weighted by atomic mass is 10.1. The van der Waals surface area contributed by atoms with Crippen LogP contribution in [-0.2, 0) is 6.54 Å². The highest BCUT2D eigenvalue weighted by Gasteiger charge is 2.28. The molecule has 0 amide bonds. The first-order valence-corrected chi connectivity index (χ1v) is 10.1. The standard InChI is InChI=1S/C19H26BrFN4O/c1-4-6-16(24-8-7-22-12(3)11-24)18-23-17-14(19(26)25(18)5-2)9-13(20)10-15(17)21/h9-10,12,16,22H,4-8,11H2,1-3H3/t12-,16-/m1/s1. The Bertz CT molecular complexity index is 854. The van der Waals surface area contributed by atoms with Crippen molar-refractivity contribution in [1.82, 2.24) is 19.8 Å². The van der Waals surface area contributed by atoms with E-state index in [9.17, 15) is 9.18 Å². The molecule has 0 spiro atoms. The number of fused-ring (bicyclic) bond motifs is 1. The molecule has 0 bridgehead atoms. The Morgan fingerprint density at radius 2 is 2.19 bits per heavy atom. The average Bonchev–Trinajstić information content (AvgIpc) is 2.60. The fourth-order valence-electron chi connectivity index (χ4n) is 3.82. The van der Waals surface area contributed by atoms with E-state index in [1.54, 1.807) is 10.6 Å². The molecule has 2 heterocycles. The molecule has 2 aromatic rings. The van der Waals surface area contributed by atoms with E-state index in [2.05, 4.69) is 45.0 Å². The number of rotatable bonds is 5. The third-order valence-electron chi connectivity index (χ3n) is 5.02. The lowest BCUT2D eigenvalue weighted by Gasteiger charge is -2.38. The Morgan fingerprint density at radius 1 is 1.42 bits per heavy atom. The van der Waals surface area contributed by atoms with Gasteiger partial charge in [-0.05, 0) is 32.4 Å². The van der Waals surface area contributed by atoms with E-state index in [0.29, 0.717) is 28.3 Å². The van der Waals surface area contributed by atoms with Gasteiger partial charge in [-0.25, -0.2) is 9.37 Å². The summed E-state index contributed by atoms with van der Waals surface area (Å²) in [7, 11) is 0. The lowest BCUT2D eigenvalue weighted by Crippen LogP contribution is -2.51. The van der Waals surface area contributed by atoms with Gasteiger partial charge in [0.05, 0.1) is 11.4 Å². The fraction of sp³-hybridized carbons (Fsp3) is 0.579. The second kappa shape index (κ2) is 8.15. The summed E-state index contributed by atoms with van der Waals surface area (Å²) < 4.78 is 16.8. The molecular weight excluding hydrogens is 399 g/mol. The summed E-state index contributed by atoms with van der Waals surface area (Å²) in [4.78, 5) is 20.1. The number of nitrogens with zero attached hydrogens (tertiary/aromatic N) is 3. The highest BCUT2D eigenvalue weighted by Crippen LogP contribution is 2.27. The van der Waals surface area contributed by atoms with Crippen molar-refractivity contribution in [1.29, 1.82) is 0 Å². The van der Waals surface area contributed by atoms with Crippen LogP contribution < -0.4 is 10.9 Å². The van der Waals surface area contributed by atoms with Gasteiger partial charge in [-0.2, -0.15) is 0 Å². The van der Waals surface area contributed by atoms with Crippen LogP contribution in [0.2, 0.25) is 0 Å². The van der Waals surface area contributed by atoms with E-state index in [1.165, 1.54) is 6.07 Å². The zero-order valence-electron chi connectivity index (χ0n) is 15.6. The van der Waals surface area contributed by atoms with Crippen molar-refractivity contribution in [3.63, 3.8) is 0 Å². The Morgan fingerprint density at radius 3 is 2.85 bits per heavy atom. The molecule has 1 fully saturated rings. The zero-order valence-corrected chi connectivity index (χ0v) is 17.1. The van der Waals surface area contributed by atoms with Gasteiger partial charge in [0.1, 0.15) is 11.3 Å². The third kappa shape index (κ3) is 3.70. The maximum Gasteiger partial charge on any atom is 0.261 e. The van der Waals surface area contributed by atoms with Crippen LogP contribution in [0.15, 0.2) is 21.4 Å².